The first kappa shape index (κ1) is 9.91. The highest BCUT2D eigenvalue weighted by atomic mass is 32.2. The first-order chi connectivity index (χ1) is 7.13. The number of anilines is 2. The molecule has 0 fully saturated rings. The van der Waals surface area contributed by atoms with Crippen LogP contribution in [0.25, 0.3) is 0 Å². The van der Waals surface area contributed by atoms with E-state index in [1.54, 1.807) is 6.26 Å². The second-order valence-electron chi connectivity index (χ2n) is 2.88. The van der Waals surface area contributed by atoms with E-state index in [1.165, 1.54) is 11.8 Å². The highest BCUT2D eigenvalue weighted by Gasteiger charge is 2.28. The van der Waals surface area contributed by atoms with Crippen LogP contribution >= 0.6 is 11.8 Å². The molecule has 0 aliphatic carbocycles. The summed E-state index contributed by atoms with van der Waals surface area (Å²) in [5, 5.41) is 14.5. The Bertz CT molecular complexity index is 440. The number of carbonyl (C=O) groups is 2. The molecule has 15 heavy (non-hydrogen) atoms. The number of rotatable bonds is 2. The zero-order chi connectivity index (χ0) is 11.0. The number of nitrogens with one attached hydrogen (secondary N) is 2. The third-order valence-corrected chi connectivity index (χ3v) is 2.60. The summed E-state index contributed by atoms with van der Waals surface area (Å²) in [6, 6.07) is 0. The van der Waals surface area contributed by atoms with Gasteiger partial charge in [-0.1, -0.05) is 11.8 Å². The van der Waals surface area contributed by atoms with E-state index in [4.69, 9.17) is 9.52 Å². The quantitative estimate of drug-likeness (QED) is 0.656. The van der Waals surface area contributed by atoms with Gasteiger partial charge in [-0.15, -0.1) is 0 Å². The van der Waals surface area contributed by atoms with Crippen LogP contribution in [-0.4, -0.2) is 29.8 Å². The molecular weight excluding hydrogens is 220 g/mol. The minimum Gasteiger partial charge on any atom is -0.475 e. The van der Waals surface area contributed by atoms with Crippen LogP contribution < -0.4 is 10.6 Å². The van der Waals surface area contributed by atoms with Crippen LogP contribution in [0.4, 0.5) is 11.4 Å². The number of carbonyl (C=O) groups excluding carboxylic acids is 1. The molecule has 0 aromatic carbocycles. The standard InChI is InChI=1S/C8H8N2O4S/c1-15-8-5-4(6(14-8)7(12)13)9-2-3(11)10-5/h9H,2H2,1H3,(H,10,11)(H,12,13). The molecule has 0 atom stereocenters. The lowest BCUT2D eigenvalue weighted by atomic mass is 10.3. The van der Waals surface area contributed by atoms with E-state index >= 15 is 0 Å². The number of furan rings is 1. The van der Waals surface area contributed by atoms with Crippen LogP contribution in [0.1, 0.15) is 10.6 Å². The van der Waals surface area contributed by atoms with Crippen molar-refractivity contribution in [1.82, 2.24) is 0 Å². The Kier molecular flexibility index (Phi) is 2.31. The van der Waals surface area contributed by atoms with Crippen LogP contribution in [0.15, 0.2) is 9.51 Å². The van der Waals surface area contributed by atoms with Gasteiger partial charge in [0.25, 0.3) is 0 Å². The molecule has 0 spiro atoms. The van der Waals surface area contributed by atoms with Crippen molar-refractivity contribution < 1.29 is 19.1 Å². The average Bonchev–Trinajstić information content (AvgIpc) is 2.55. The van der Waals surface area contributed by atoms with Gasteiger partial charge in [0.05, 0.1) is 6.54 Å². The predicted molar refractivity (Wildman–Crippen MR) is 54.6 cm³/mol. The third kappa shape index (κ3) is 1.54. The highest BCUT2D eigenvalue weighted by molar-refractivity contribution is 7.98. The summed E-state index contributed by atoms with van der Waals surface area (Å²) >= 11 is 1.24. The van der Waals surface area contributed by atoms with Crippen molar-refractivity contribution in [2.45, 2.75) is 5.09 Å². The van der Waals surface area contributed by atoms with Gasteiger partial charge in [0.2, 0.25) is 11.7 Å². The SMILES string of the molecule is CSc1oc(C(=O)O)c2c1NC(=O)CN2. The van der Waals surface area contributed by atoms with Crippen molar-refractivity contribution in [3.63, 3.8) is 0 Å². The molecule has 0 saturated heterocycles. The smallest absolute Gasteiger partial charge is 0.374 e. The zero-order valence-corrected chi connectivity index (χ0v) is 8.60. The molecule has 1 aliphatic rings. The van der Waals surface area contributed by atoms with Gasteiger partial charge in [-0.05, 0) is 6.26 Å². The molecular formula is C8H8N2O4S. The van der Waals surface area contributed by atoms with Gasteiger partial charge in [-0.3, -0.25) is 4.79 Å². The molecule has 0 radical (unpaired) electrons. The minimum atomic E-state index is -1.16. The van der Waals surface area contributed by atoms with Crippen LogP contribution in [0, 0.1) is 0 Å². The number of thioether (sulfide) groups is 1. The Morgan fingerprint density at radius 3 is 2.87 bits per heavy atom. The molecule has 80 valence electrons. The molecule has 6 nitrogen and oxygen atoms in total. The zero-order valence-electron chi connectivity index (χ0n) is 7.79. The van der Waals surface area contributed by atoms with Gasteiger partial charge in [0.15, 0.2) is 5.09 Å². The van der Waals surface area contributed by atoms with E-state index in [9.17, 15) is 9.59 Å². The summed E-state index contributed by atoms with van der Waals surface area (Å²) in [5.74, 6) is -1.54. The van der Waals surface area contributed by atoms with Crippen molar-refractivity contribution >= 4 is 35.0 Å². The van der Waals surface area contributed by atoms with Gasteiger partial charge >= 0.3 is 5.97 Å². The van der Waals surface area contributed by atoms with Crippen molar-refractivity contribution in [3.05, 3.63) is 5.76 Å². The fraction of sp³-hybridized carbons (Fsp3) is 0.250. The Morgan fingerprint density at radius 2 is 2.27 bits per heavy atom. The maximum Gasteiger partial charge on any atom is 0.374 e. The Labute approximate surface area is 89.0 Å². The number of fused-ring (bicyclic) bond motifs is 1. The van der Waals surface area contributed by atoms with Crippen molar-refractivity contribution in [3.8, 4) is 0 Å². The van der Waals surface area contributed by atoms with E-state index in [2.05, 4.69) is 10.6 Å². The molecule has 2 rings (SSSR count). The summed E-state index contributed by atoms with van der Waals surface area (Å²) < 4.78 is 5.11. The fourth-order valence-corrected chi connectivity index (χ4v) is 1.86. The fourth-order valence-electron chi connectivity index (χ4n) is 1.34. The second-order valence-corrected chi connectivity index (χ2v) is 3.66. The van der Waals surface area contributed by atoms with E-state index in [0.717, 1.165) is 0 Å². The van der Waals surface area contributed by atoms with Crippen LogP contribution in [0.5, 0.6) is 0 Å². The maximum atomic E-state index is 11.1. The molecule has 1 aromatic heterocycles. The summed E-state index contributed by atoms with van der Waals surface area (Å²) in [7, 11) is 0. The third-order valence-electron chi connectivity index (χ3n) is 1.95. The van der Waals surface area contributed by atoms with Crippen LogP contribution in [0.3, 0.4) is 0 Å². The molecule has 0 bridgehead atoms. The Balaban J connectivity index is 2.54. The van der Waals surface area contributed by atoms with Gasteiger partial charge in [-0.25, -0.2) is 4.79 Å². The van der Waals surface area contributed by atoms with Crippen LogP contribution in [-0.2, 0) is 4.79 Å². The summed E-state index contributed by atoms with van der Waals surface area (Å²) in [4.78, 5) is 21.9. The first-order valence-corrected chi connectivity index (χ1v) is 5.33. The van der Waals surface area contributed by atoms with E-state index in [0.29, 0.717) is 16.5 Å². The number of carboxylic acids is 1. The highest BCUT2D eigenvalue weighted by Crippen LogP contribution is 2.40. The predicted octanol–water partition coefficient (Wildman–Crippen LogP) is 1.06. The van der Waals surface area contributed by atoms with E-state index in [-0.39, 0.29) is 18.2 Å². The first-order valence-electron chi connectivity index (χ1n) is 4.11. The average molecular weight is 228 g/mol. The Hall–Kier alpha value is -1.63. The summed E-state index contributed by atoms with van der Waals surface area (Å²) in [6.45, 7) is 0.0562. The largest absolute Gasteiger partial charge is 0.475 e. The molecule has 1 amide bonds. The van der Waals surface area contributed by atoms with Crippen LogP contribution in [0.2, 0.25) is 0 Å². The number of hydrogen-bond donors (Lipinski definition) is 3. The summed E-state index contributed by atoms with van der Waals surface area (Å²) in [6.07, 6.45) is 1.74. The number of carboxylic acid groups (broad SMARTS) is 1. The van der Waals surface area contributed by atoms with Crippen molar-refractivity contribution in [1.29, 1.82) is 0 Å². The molecule has 3 N–H and O–H groups in total. The molecule has 0 unspecified atom stereocenters. The van der Waals surface area contributed by atoms with Gasteiger partial charge in [0.1, 0.15) is 11.4 Å². The molecule has 1 aliphatic heterocycles. The van der Waals surface area contributed by atoms with E-state index < -0.39 is 5.97 Å². The number of hydrogen-bond acceptors (Lipinski definition) is 5. The van der Waals surface area contributed by atoms with Gasteiger partial charge < -0.3 is 20.2 Å². The van der Waals surface area contributed by atoms with Gasteiger partial charge in [0, 0.05) is 0 Å². The summed E-state index contributed by atoms with van der Waals surface area (Å²) in [5.41, 5.74) is 0.752. The topological polar surface area (TPSA) is 91.6 Å². The molecule has 0 saturated carbocycles. The minimum absolute atomic E-state index is 0.0562. The lowest BCUT2D eigenvalue weighted by molar-refractivity contribution is -0.114. The molecule has 7 heteroatoms. The number of amides is 1. The van der Waals surface area contributed by atoms with Crippen molar-refractivity contribution in [2.75, 3.05) is 23.4 Å². The lowest BCUT2D eigenvalue weighted by Crippen LogP contribution is -2.27. The Morgan fingerprint density at radius 1 is 1.53 bits per heavy atom. The van der Waals surface area contributed by atoms with Gasteiger partial charge in [-0.2, -0.15) is 0 Å². The molecule has 2 heterocycles. The second kappa shape index (κ2) is 3.50. The monoisotopic (exact) mass is 228 g/mol. The lowest BCUT2D eigenvalue weighted by Gasteiger charge is -2.14. The van der Waals surface area contributed by atoms with Crippen molar-refractivity contribution in [2.24, 2.45) is 0 Å². The maximum absolute atomic E-state index is 11.1. The molecule has 1 aromatic rings. The van der Waals surface area contributed by atoms with E-state index in [1.807, 2.05) is 0 Å². The number of aromatic carboxylic acids is 1. The normalized spacial score (nSPS) is 14.1.